The lowest BCUT2D eigenvalue weighted by Gasteiger charge is -1.96. The van der Waals surface area contributed by atoms with Crippen LogP contribution in [0.2, 0.25) is 0 Å². The standard InChI is InChI=1S/C11H6N4O/c12-6-7-5-10-13-9-4-2-1-3-8(9)11(16)15(10)14-7/h1-5,14H. The first-order valence-corrected chi connectivity index (χ1v) is 4.70. The van der Waals surface area contributed by atoms with E-state index >= 15 is 0 Å². The predicted molar refractivity (Wildman–Crippen MR) is 58.0 cm³/mol. The zero-order chi connectivity index (χ0) is 11.1. The summed E-state index contributed by atoms with van der Waals surface area (Å²) in [6.07, 6.45) is 0. The molecule has 76 valence electrons. The molecule has 0 aliphatic rings. The van der Waals surface area contributed by atoms with E-state index in [2.05, 4.69) is 10.1 Å². The van der Waals surface area contributed by atoms with Gasteiger partial charge in [0.1, 0.15) is 11.8 Å². The third-order valence-corrected chi connectivity index (χ3v) is 2.43. The maximum atomic E-state index is 12.0. The summed E-state index contributed by atoms with van der Waals surface area (Å²) >= 11 is 0. The molecule has 16 heavy (non-hydrogen) atoms. The van der Waals surface area contributed by atoms with Crippen LogP contribution in [0.25, 0.3) is 16.6 Å². The van der Waals surface area contributed by atoms with E-state index in [-0.39, 0.29) is 5.56 Å². The van der Waals surface area contributed by atoms with Gasteiger partial charge in [-0.25, -0.2) is 4.98 Å². The molecule has 0 radical (unpaired) electrons. The fourth-order valence-corrected chi connectivity index (χ4v) is 1.69. The lowest BCUT2D eigenvalue weighted by Crippen LogP contribution is -2.15. The molecule has 5 heteroatoms. The van der Waals surface area contributed by atoms with Crippen molar-refractivity contribution in [2.45, 2.75) is 0 Å². The average molecular weight is 210 g/mol. The molecule has 3 rings (SSSR count). The highest BCUT2D eigenvalue weighted by Crippen LogP contribution is 2.08. The van der Waals surface area contributed by atoms with E-state index in [9.17, 15) is 4.79 Å². The highest BCUT2D eigenvalue weighted by molar-refractivity contribution is 5.79. The van der Waals surface area contributed by atoms with E-state index in [4.69, 9.17) is 5.26 Å². The first kappa shape index (κ1) is 8.68. The highest BCUT2D eigenvalue weighted by atomic mass is 16.1. The SMILES string of the molecule is N#Cc1cc2nc3ccccc3c(=O)n2[nH]1. The second kappa shape index (κ2) is 2.94. The van der Waals surface area contributed by atoms with E-state index in [1.165, 1.54) is 4.52 Å². The lowest BCUT2D eigenvalue weighted by atomic mass is 10.2. The molecule has 3 aromatic rings. The molecule has 0 bridgehead atoms. The van der Waals surface area contributed by atoms with Crippen LogP contribution < -0.4 is 5.56 Å². The first-order valence-electron chi connectivity index (χ1n) is 4.70. The Morgan fingerprint density at radius 1 is 1.38 bits per heavy atom. The van der Waals surface area contributed by atoms with Gasteiger partial charge >= 0.3 is 0 Å². The minimum absolute atomic E-state index is 0.192. The van der Waals surface area contributed by atoms with Gasteiger partial charge in [-0.1, -0.05) is 12.1 Å². The summed E-state index contributed by atoms with van der Waals surface area (Å²) in [5.41, 5.74) is 1.22. The molecule has 1 aromatic carbocycles. The third-order valence-electron chi connectivity index (χ3n) is 2.43. The topological polar surface area (TPSA) is 73.9 Å². The van der Waals surface area contributed by atoms with Crippen molar-refractivity contribution in [3.8, 4) is 6.07 Å². The Morgan fingerprint density at radius 3 is 3.00 bits per heavy atom. The molecule has 0 amide bonds. The van der Waals surface area contributed by atoms with Gasteiger partial charge in [0.15, 0.2) is 5.65 Å². The van der Waals surface area contributed by atoms with Crippen molar-refractivity contribution in [1.29, 1.82) is 5.26 Å². The van der Waals surface area contributed by atoms with Crippen LogP contribution in [0.1, 0.15) is 5.69 Å². The number of para-hydroxylation sites is 1. The van der Waals surface area contributed by atoms with Gasteiger partial charge in [-0.05, 0) is 12.1 Å². The quantitative estimate of drug-likeness (QED) is 0.602. The van der Waals surface area contributed by atoms with E-state index in [0.29, 0.717) is 22.2 Å². The number of rotatable bonds is 0. The van der Waals surface area contributed by atoms with Crippen molar-refractivity contribution in [3.63, 3.8) is 0 Å². The summed E-state index contributed by atoms with van der Waals surface area (Å²) < 4.78 is 1.28. The molecule has 0 aliphatic heterocycles. The molecule has 5 nitrogen and oxygen atoms in total. The summed E-state index contributed by atoms with van der Waals surface area (Å²) in [4.78, 5) is 16.3. The van der Waals surface area contributed by atoms with Crippen LogP contribution in [0.3, 0.4) is 0 Å². The number of nitriles is 1. The van der Waals surface area contributed by atoms with Crippen molar-refractivity contribution in [1.82, 2.24) is 14.6 Å². The fourth-order valence-electron chi connectivity index (χ4n) is 1.69. The molecule has 0 atom stereocenters. The molecule has 0 unspecified atom stereocenters. The van der Waals surface area contributed by atoms with Gasteiger partial charge in [0.2, 0.25) is 0 Å². The van der Waals surface area contributed by atoms with Crippen molar-refractivity contribution < 1.29 is 0 Å². The zero-order valence-electron chi connectivity index (χ0n) is 8.14. The van der Waals surface area contributed by atoms with Crippen molar-refractivity contribution in [2.75, 3.05) is 0 Å². The number of nitrogens with zero attached hydrogens (tertiary/aromatic N) is 3. The van der Waals surface area contributed by atoms with Crippen LogP contribution in [-0.4, -0.2) is 14.6 Å². The molecular weight excluding hydrogens is 204 g/mol. The molecule has 0 saturated carbocycles. The number of aromatic amines is 1. The Kier molecular flexibility index (Phi) is 1.59. The number of nitrogens with one attached hydrogen (secondary N) is 1. The van der Waals surface area contributed by atoms with Gasteiger partial charge in [-0.2, -0.15) is 9.78 Å². The molecule has 0 spiro atoms. The first-order chi connectivity index (χ1) is 7.79. The van der Waals surface area contributed by atoms with Crippen LogP contribution in [0.5, 0.6) is 0 Å². The van der Waals surface area contributed by atoms with Crippen LogP contribution in [0.15, 0.2) is 35.1 Å². The maximum absolute atomic E-state index is 12.0. The smallest absolute Gasteiger partial charge is 0.279 e. The molecule has 1 N–H and O–H groups in total. The van der Waals surface area contributed by atoms with Gasteiger partial charge < -0.3 is 0 Å². The van der Waals surface area contributed by atoms with Gasteiger partial charge in [-0.3, -0.25) is 9.89 Å². The van der Waals surface area contributed by atoms with Gasteiger partial charge in [0, 0.05) is 6.07 Å². The normalized spacial score (nSPS) is 10.7. The van der Waals surface area contributed by atoms with Crippen LogP contribution in [-0.2, 0) is 0 Å². The second-order valence-electron chi connectivity index (χ2n) is 3.41. The van der Waals surface area contributed by atoms with Crippen LogP contribution in [0, 0.1) is 11.3 Å². The van der Waals surface area contributed by atoms with E-state index < -0.39 is 0 Å². The van der Waals surface area contributed by atoms with Gasteiger partial charge in [0.25, 0.3) is 5.56 Å². The van der Waals surface area contributed by atoms with Crippen LogP contribution in [0.4, 0.5) is 0 Å². The Morgan fingerprint density at radius 2 is 2.19 bits per heavy atom. The van der Waals surface area contributed by atoms with Crippen LogP contribution >= 0.6 is 0 Å². The van der Waals surface area contributed by atoms with E-state index in [1.54, 1.807) is 24.3 Å². The second-order valence-corrected chi connectivity index (χ2v) is 3.41. The average Bonchev–Trinajstić information content (AvgIpc) is 2.73. The Hall–Kier alpha value is -2.61. The summed E-state index contributed by atoms with van der Waals surface area (Å²) in [5.74, 6) is 0. The predicted octanol–water partition coefficient (Wildman–Crippen LogP) is 1.05. The summed E-state index contributed by atoms with van der Waals surface area (Å²) in [6.45, 7) is 0. The Labute approximate surface area is 89.6 Å². The molecular formula is C11H6N4O. The number of hydrogen-bond donors (Lipinski definition) is 1. The molecule has 0 aliphatic carbocycles. The molecule has 2 heterocycles. The van der Waals surface area contributed by atoms with Gasteiger partial charge in [-0.15, -0.1) is 0 Å². The molecule has 2 aromatic heterocycles. The largest absolute Gasteiger partial charge is 0.280 e. The number of benzene rings is 1. The molecule has 0 fully saturated rings. The maximum Gasteiger partial charge on any atom is 0.280 e. The number of hydrogen-bond acceptors (Lipinski definition) is 3. The minimum Gasteiger partial charge on any atom is -0.279 e. The minimum atomic E-state index is -0.192. The zero-order valence-corrected chi connectivity index (χ0v) is 8.14. The van der Waals surface area contributed by atoms with Crippen molar-refractivity contribution in [3.05, 3.63) is 46.4 Å². The lowest BCUT2D eigenvalue weighted by molar-refractivity contribution is 0.907. The van der Waals surface area contributed by atoms with Crippen molar-refractivity contribution in [2.24, 2.45) is 0 Å². The number of H-pyrrole nitrogens is 1. The van der Waals surface area contributed by atoms with Gasteiger partial charge in [0.05, 0.1) is 10.9 Å². The highest BCUT2D eigenvalue weighted by Gasteiger charge is 2.07. The van der Waals surface area contributed by atoms with E-state index in [1.807, 2.05) is 12.1 Å². The van der Waals surface area contributed by atoms with E-state index in [0.717, 1.165) is 0 Å². The molecule has 0 saturated heterocycles. The number of fused-ring (bicyclic) bond motifs is 2. The fraction of sp³-hybridized carbons (Fsp3) is 0. The Balaban J connectivity index is 2.59. The summed E-state index contributed by atoms with van der Waals surface area (Å²) in [7, 11) is 0. The third kappa shape index (κ3) is 1.04. The van der Waals surface area contributed by atoms with Crippen molar-refractivity contribution >= 4 is 16.6 Å². The number of aromatic nitrogens is 3. The summed E-state index contributed by atoms with van der Waals surface area (Å²) in [5, 5.41) is 12.0. The monoisotopic (exact) mass is 210 g/mol. The summed E-state index contributed by atoms with van der Waals surface area (Å²) in [6, 6.07) is 10.6. The Bertz CT molecular complexity index is 791.